The number of hydrogen-bond acceptors (Lipinski definition) is 4. The number of hydrazine groups is 1. The van der Waals surface area contributed by atoms with Crippen LogP contribution >= 0.6 is 15.9 Å². The number of amides is 1. The van der Waals surface area contributed by atoms with Gasteiger partial charge in [-0.2, -0.15) is 4.72 Å². The minimum atomic E-state index is -3.72. The summed E-state index contributed by atoms with van der Waals surface area (Å²) in [7, 11) is -3.72. The number of carbonyl (C=O) groups is 1. The fourth-order valence-corrected chi connectivity index (χ4v) is 2.56. The van der Waals surface area contributed by atoms with E-state index in [4.69, 9.17) is 5.84 Å². The van der Waals surface area contributed by atoms with Crippen LogP contribution in [0.25, 0.3) is 0 Å². The summed E-state index contributed by atoms with van der Waals surface area (Å²) in [5, 5.41) is 0. The van der Waals surface area contributed by atoms with Crippen LogP contribution in [-0.2, 0) is 14.8 Å². The molecule has 8 heteroatoms. The molecule has 0 aliphatic heterocycles. The van der Waals surface area contributed by atoms with Crippen LogP contribution in [0.3, 0.4) is 0 Å². The predicted octanol–water partition coefficient (Wildman–Crippen LogP) is 0.106. The zero-order valence-corrected chi connectivity index (χ0v) is 11.4. The van der Waals surface area contributed by atoms with Crippen LogP contribution < -0.4 is 16.0 Å². The van der Waals surface area contributed by atoms with Crippen molar-refractivity contribution in [1.82, 2.24) is 10.1 Å². The first kappa shape index (κ1) is 14.1. The van der Waals surface area contributed by atoms with Crippen LogP contribution in [0.2, 0.25) is 0 Å². The van der Waals surface area contributed by atoms with Gasteiger partial charge in [-0.3, -0.25) is 10.2 Å². The first-order valence-corrected chi connectivity index (χ1v) is 6.93. The van der Waals surface area contributed by atoms with E-state index in [2.05, 4.69) is 20.7 Å². The highest BCUT2D eigenvalue weighted by Gasteiger charge is 2.21. The molecule has 6 nitrogen and oxygen atoms in total. The molecule has 1 unspecified atom stereocenters. The van der Waals surface area contributed by atoms with Gasteiger partial charge >= 0.3 is 0 Å². The zero-order valence-electron chi connectivity index (χ0n) is 8.98. The van der Waals surface area contributed by atoms with Crippen molar-refractivity contribution < 1.29 is 13.2 Å². The fourth-order valence-electron chi connectivity index (χ4n) is 1.09. The Bertz CT molecular complexity index is 501. The molecule has 1 aromatic carbocycles. The molecule has 0 aliphatic carbocycles. The molecule has 0 saturated carbocycles. The largest absolute Gasteiger partial charge is 0.293 e. The third-order valence-electron chi connectivity index (χ3n) is 1.99. The van der Waals surface area contributed by atoms with Crippen LogP contribution in [0.1, 0.15) is 6.92 Å². The van der Waals surface area contributed by atoms with Gasteiger partial charge in [0, 0.05) is 4.47 Å². The van der Waals surface area contributed by atoms with Gasteiger partial charge in [-0.05, 0) is 31.2 Å². The van der Waals surface area contributed by atoms with Crippen LogP contribution in [-0.4, -0.2) is 20.4 Å². The van der Waals surface area contributed by atoms with Gasteiger partial charge in [-0.15, -0.1) is 0 Å². The van der Waals surface area contributed by atoms with E-state index in [0.717, 1.165) is 4.47 Å². The molecule has 0 aromatic heterocycles. The minimum Gasteiger partial charge on any atom is -0.293 e. The normalized spacial score (nSPS) is 13.1. The lowest BCUT2D eigenvalue weighted by atomic mass is 10.3. The van der Waals surface area contributed by atoms with E-state index < -0.39 is 22.0 Å². The van der Waals surface area contributed by atoms with Crippen LogP contribution in [0.5, 0.6) is 0 Å². The quantitative estimate of drug-likeness (QED) is 0.416. The molecule has 1 atom stereocenters. The van der Waals surface area contributed by atoms with Crippen LogP contribution in [0, 0.1) is 0 Å². The van der Waals surface area contributed by atoms with E-state index in [9.17, 15) is 13.2 Å². The number of hydrogen-bond donors (Lipinski definition) is 3. The highest BCUT2D eigenvalue weighted by molar-refractivity contribution is 9.10. The molecule has 0 bridgehead atoms. The Hall–Kier alpha value is -0.960. The van der Waals surface area contributed by atoms with Crippen molar-refractivity contribution in [2.24, 2.45) is 5.84 Å². The minimum absolute atomic E-state index is 0.0809. The van der Waals surface area contributed by atoms with Crippen molar-refractivity contribution in [3.63, 3.8) is 0 Å². The predicted molar refractivity (Wildman–Crippen MR) is 66.3 cm³/mol. The molecule has 0 radical (unpaired) electrons. The lowest BCUT2D eigenvalue weighted by molar-refractivity contribution is -0.122. The van der Waals surface area contributed by atoms with Crippen LogP contribution in [0.4, 0.5) is 0 Å². The first-order chi connectivity index (χ1) is 7.86. The Morgan fingerprint density at radius 1 is 1.35 bits per heavy atom. The monoisotopic (exact) mass is 321 g/mol. The Morgan fingerprint density at radius 2 is 1.88 bits per heavy atom. The molecular weight excluding hydrogens is 310 g/mol. The molecule has 17 heavy (non-hydrogen) atoms. The molecule has 4 N–H and O–H groups in total. The molecular formula is C9H12BrN3O3S. The molecule has 0 spiro atoms. The topological polar surface area (TPSA) is 101 Å². The maximum Gasteiger partial charge on any atom is 0.251 e. The lowest BCUT2D eigenvalue weighted by Gasteiger charge is -2.12. The Kier molecular flexibility index (Phi) is 4.63. The van der Waals surface area contributed by atoms with Gasteiger partial charge in [-0.1, -0.05) is 15.9 Å². The summed E-state index contributed by atoms with van der Waals surface area (Å²) in [5.41, 5.74) is 1.87. The maximum absolute atomic E-state index is 11.8. The van der Waals surface area contributed by atoms with Crippen molar-refractivity contribution in [1.29, 1.82) is 0 Å². The third-order valence-corrected chi connectivity index (χ3v) is 4.08. The highest BCUT2D eigenvalue weighted by Crippen LogP contribution is 2.14. The summed E-state index contributed by atoms with van der Waals surface area (Å²) >= 11 is 3.20. The average Bonchev–Trinajstić information content (AvgIpc) is 2.27. The molecule has 1 amide bonds. The van der Waals surface area contributed by atoms with Gasteiger partial charge in [0.2, 0.25) is 10.0 Å². The molecule has 94 valence electrons. The number of benzene rings is 1. The van der Waals surface area contributed by atoms with Gasteiger partial charge in [-0.25, -0.2) is 14.3 Å². The second-order valence-electron chi connectivity index (χ2n) is 3.31. The maximum atomic E-state index is 11.8. The molecule has 0 fully saturated rings. The van der Waals surface area contributed by atoms with Gasteiger partial charge < -0.3 is 0 Å². The SMILES string of the molecule is CC(NS(=O)(=O)c1ccc(Br)cc1)C(=O)NN. The van der Waals surface area contributed by atoms with Gasteiger partial charge in [0.05, 0.1) is 10.9 Å². The number of nitrogens with two attached hydrogens (primary N) is 1. The second kappa shape index (κ2) is 5.58. The summed E-state index contributed by atoms with van der Waals surface area (Å²) in [6.07, 6.45) is 0. The fraction of sp³-hybridized carbons (Fsp3) is 0.222. The van der Waals surface area contributed by atoms with Gasteiger partial charge in [0.25, 0.3) is 5.91 Å². The van der Waals surface area contributed by atoms with E-state index >= 15 is 0 Å². The Labute approximate surface area is 108 Å². The second-order valence-corrected chi connectivity index (χ2v) is 5.94. The zero-order chi connectivity index (χ0) is 13.1. The number of sulfonamides is 1. The number of nitrogens with one attached hydrogen (secondary N) is 2. The van der Waals surface area contributed by atoms with Gasteiger partial charge in [0.1, 0.15) is 0 Å². The van der Waals surface area contributed by atoms with Crippen molar-refractivity contribution in [2.75, 3.05) is 0 Å². The van der Waals surface area contributed by atoms with E-state index in [1.807, 2.05) is 5.43 Å². The van der Waals surface area contributed by atoms with Crippen molar-refractivity contribution >= 4 is 31.9 Å². The summed E-state index contributed by atoms with van der Waals surface area (Å²) in [6, 6.07) is 5.12. The average molecular weight is 322 g/mol. The smallest absolute Gasteiger partial charge is 0.251 e. The molecule has 0 saturated heterocycles. The van der Waals surface area contributed by atoms with Crippen molar-refractivity contribution in [3.8, 4) is 0 Å². The first-order valence-electron chi connectivity index (χ1n) is 4.65. The summed E-state index contributed by atoms with van der Waals surface area (Å²) in [4.78, 5) is 11.2. The number of rotatable bonds is 4. The van der Waals surface area contributed by atoms with E-state index in [1.54, 1.807) is 12.1 Å². The third kappa shape index (κ3) is 3.77. The van der Waals surface area contributed by atoms with Crippen molar-refractivity contribution in [3.05, 3.63) is 28.7 Å². The Balaban J connectivity index is 2.89. The summed E-state index contributed by atoms with van der Waals surface area (Å²) < 4.78 is 26.6. The standard InChI is InChI=1S/C9H12BrN3O3S/c1-6(9(14)12-11)13-17(15,16)8-4-2-7(10)3-5-8/h2-6,13H,11H2,1H3,(H,12,14). The molecule has 1 rings (SSSR count). The molecule has 1 aromatic rings. The summed E-state index contributed by atoms with van der Waals surface area (Å²) in [5.74, 6) is 4.30. The Morgan fingerprint density at radius 3 is 2.35 bits per heavy atom. The molecule has 0 aliphatic rings. The van der Waals surface area contributed by atoms with Crippen LogP contribution in [0.15, 0.2) is 33.6 Å². The highest BCUT2D eigenvalue weighted by atomic mass is 79.9. The lowest BCUT2D eigenvalue weighted by Crippen LogP contribution is -2.47. The van der Waals surface area contributed by atoms with Crippen molar-refractivity contribution in [2.45, 2.75) is 17.9 Å². The number of carbonyl (C=O) groups excluding carboxylic acids is 1. The van der Waals surface area contributed by atoms with E-state index in [-0.39, 0.29) is 4.90 Å². The van der Waals surface area contributed by atoms with E-state index in [1.165, 1.54) is 19.1 Å². The molecule has 0 heterocycles. The number of halogens is 1. The van der Waals surface area contributed by atoms with E-state index in [0.29, 0.717) is 0 Å². The van der Waals surface area contributed by atoms with Gasteiger partial charge in [0.15, 0.2) is 0 Å². The summed E-state index contributed by atoms with van der Waals surface area (Å²) in [6.45, 7) is 1.40.